The summed E-state index contributed by atoms with van der Waals surface area (Å²) in [6, 6.07) is 7.27. The van der Waals surface area contributed by atoms with E-state index in [1.165, 1.54) is 14.0 Å². The first-order chi connectivity index (χ1) is 12.9. The van der Waals surface area contributed by atoms with Gasteiger partial charge in [0.25, 0.3) is 0 Å². The molecule has 2 heterocycles. The van der Waals surface area contributed by atoms with Crippen LogP contribution in [0.2, 0.25) is 0 Å². The van der Waals surface area contributed by atoms with Crippen molar-refractivity contribution in [1.29, 1.82) is 0 Å². The van der Waals surface area contributed by atoms with Crippen LogP contribution in [0.5, 0.6) is 0 Å². The van der Waals surface area contributed by atoms with Crippen molar-refractivity contribution < 1.29 is 23.9 Å². The average Bonchev–Trinajstić information content (AvgIpc) is 2.94. The standard InChI is InChI=1S/C20H24N2O5/c1-11-17(20(25)27-18(11)22-12(2)23)14-6-4-13(5-7-14)15-8-9-21-16(10-15)19(24)26-3/h4-7,10-11,16-18,21H,8-9H2,1-3H3,(H,22,23)/t11?,16?,17?,18-/m1/s1. The van der Waals surface area contributed by atoms with Crippen molar-refractivity contribution in [3.8, 4) is 0 Å². The number of hydrogen-bond acceptors (Lipinski definition) is 6. The van der Waals surface area contributed by atoms with E-state index in [1.807, 2.05) is 37.3 Å². The lowest BCUT2D eigenvalue weighted by Crippen LogP contribution is -2.39. The molecule has 2 N–H and O–H groups in total. The Balaban J connectivity index is 1.77. The number of rotatable bonds is 4. The molecule has 1 amide bonds. The van der Waals surface area contributed by atoms with Gasteiger partial charge in [-0.3, -0.25) is 14.4 Å². The summed E-state index contributed by atoms with van der Waals surface area (Å²) in [5.41, 5.74) is 2.92. The van der Waals surface area contributed by atoms with Crippen LogP contribution in [0.3, 0.4) is 0 Å². The van der Waals surface area contributed by atoms with Gasteiger partial charge in [-0.15, -0.1) is 0 Å². The van der Waals surface area contributed by atoms with Crippen LogP contribution in [-0.2, 0) is 23.9 Å². The summed E-state index contributed by atoms with van der Waals surface area (Å²) in [5.74, 6) is -1.44. The highest BCUT2D eigenvalue weighted by atomic mass is 16.6. The lowest BCUT2D eigenvalue weighted by Gasteiger charge is -2.21. The van der Waals surface area contributed by atoms with Crippen molar-refractivity contribution >= 4 is 23.4 Å². The predicted molar refractivity (Wildman–Crippen MR) is 98.4 cm³/mol. The zero-order valence-electron chi connectivity index (χ0n) is 15.7. The molecule has 1 aromatic rings. The van der Waals surface area contributed by atoms with Crippen molar-refractivity contribution in [2.45, 2.75) is 38.5 Å². The number of methoxy groups -OCH3 is 1. The minimum absolute atomic E-state index is 0.158. The highest BCUT2D eigenvalue weighted by molar-refractivity contribution is 5.84. The van der Waals surface area contributed by atoms with Gasteiger partial charge in [0, 0.05) is 19.4 Å². The number of cyclic esters (lactones) is 1. The van der Waals surface area contributed by atoms with Crippen molar-refractivity contribution in [1.82, 2.24) is 10.6 Å². The van der Waals surface area contributed by atoms with Crippen molar-refractivity contribution in [3.05, 3.63) is 41.5 Å². The van der Waals surface area contributed by atoms with E-state index in [9.17, 15) is 14.4 Å². The van der Waals surface area contributed by atoms with Gasteiger partial charge >= 0.3 is 11.9 Å². The summed E-state index contributed by atoms with van der Waals surface area (Å²) in [4.78, 5) is 35.3. The van der Waals surface area contributed by atoms with E-state index in [0.29, 0.717) is 6.54 Å². The molecule has 0 bridgehead atoms. The number of carbonyl (C=O) groups excluding carboxylic acids is 3. The molecule has 0 aromatic heterocycles. The number of amides is 1. The third kappa shape index (κ3) is 4.03. The molecule has 3 rings (SSSR count). The monoisotopic (exact) mass is 372 g/mol. The average molecular weight is 372 g/mol. The van der Waals surface area contributed by atoms with Gasteiger partial charge < -0.3 is 20.1 Å². The molecule has 2 aliphatic heterocycles. The normalized spacial score (nSPS) is 27.5. The molecule has 7 nitrogen and oxygen atoms in total. The fraction of sp³-hybridized carbons (Fsp3) is 0.450. The summed E-state index contributed by atoms with van der Waals surface area (Å²) in [6.07, 6.45) is 2.08. The largest absolute Gasteiger partial charge is 0.468 e. The van der Waals surface area contributed by atoms with Crippen LogP contribution < -0.4 is 10.6 Å². The molecule has 1 aromatic carbocycles. The quantitative estimate of drug-likeness (QED) is 0.775. The second-order valence-corrected chi connectivity index (χ2v) is 6.91. The van der Waals surface area contributed by atoms with Crippen LogP contribution in [0.1, 0.15) is 37.3 Å². The van der Waals surface area contributed by atoms with E-state index in [4.69, 9.17) is 9.47 Å². The van der Waals surface area contributed by atoms with Gasteiger partial charge in [-0.05, 0) is 23.1 Å². The number of benzene rings is 1. The topological polar surface area (TPSA) is 93.7 Å². The lowest BCUT2D eigenvalue weighted by molar-refractivity contribution is -0.145. The first-order valence-corrected chi connectivity index (χ1v) is 9.00. The smallest absolute Gasteiger partial charge is 0.326 e. The molecule has 27 heavy (non-hydrogen) atoms. The molecular weight excluding hydrogens is 348 g/mol. The number of ether oxygens (including phenoxy) is 2. The Bertz CT molecular complexity index is 771. The van der Waals surface area contributed by atoms with Crippen LogP contribution in [0.4, 0.5) is 0 Å². The zero-order valence-corrected chi connectivity index (χ0v) is 15.7. The summed E-state index contributed by atoms with van der Waals surface area (Å²) in [5, 5.41) is 5.77. The third-order valence-corrected chi connectivity index (χ3v) is 5.07. The molecule has 4 atom stereocenters. The van der Waals surface area contributed by atoms with Gasteiger partial charge in [0.1, 0.15) is 6.04 Å². The SMILES string of the molecule is COC(=O)C1C=C(c2ccc(C3C(=O)O[C@@H](NC(C)=O)C3C)cc2)CCN1. The fourth-order valence-electron chi connectivity index (χ4n) is 3.63. The van der Waals surface area contributed by atoms with Gasteiger partial charge in [-0.25, -0.2) is 0 Å². The molecule has 1 fully saturated rings. The molecule has 0 radical (unpaired) electrons. The maximum atomic E-state index is 12.3. The Morgan fingerprint density at radius 3 is 2.59 bits per heavy atom. The van der Waals surface area contributed by atoms with Gasteiger partial charge in [0.15, 0.2) is 6.23 Å². The van der Waals surface area contributed by atoms with E-state index < -0.39 is 18.2 Å². The van der Waals surface area contributed by atoms with E-state index >= 15 is 0 Å². The van der Waals surface area contributed by atoms with Gasteiger partial charge in [0.05, 0.1) is 13.0 Å². The second kappa shape index (κ2) is 7.92. The number of carbonyl (C=O) groups is 3. The van der Waals surface area contributed by atoms with Crippen LogP contribution in [0.25, 0.3) is 5.57 Å². The van der Waals surface area contributed by atoms with Crippen LogP contribution in [0, 0.1) is 5.92 Å². The van der Waals surface area contributed by atoms with Gasteiger partial charge in [-0.2, -0.15) is 0 Å². The molecule has 3 unspecified atom stereocenters. The Kier molecular flexibility index (Phi) is 5.60. The minimum Gasteiger partial charge on any atom is -0.468 e. The molecule has 2 aliphatic rings. The molecule has 0 saturated carbocycles. The van der Waals surface area contributed by atoms with Crippen LogP contribution in [0.15, 0.2) is 30.3 Å². The number of nitrogens with one attached hydrogen (secondary N) is 2. The molecule has 1 saturated heterocycles. The summed E-state index contributed by atoms with van der Waals surface area (Å²) < 4.78 is 10.1. The maximum Gasteiger partial charge on any atom is 0.326 e. The second-order valence-electron chi connectivity index (χ2n) is 6.91. The molecule has 7 heteroatoms. The highest BCUT2D eigenvalue weighted by Crippen LogP contribution is 2.36. The molecule has 144 valence electrons. The van der Waals surface area contributed by atoms with E-state index in [0.717, 1.165) is 23.1 Å². The predicted octanol–water partition coefficient (Wildman–Crippen LogP) is 1.34. The third-order valence-electron chi connectivity index (χ3n) is 5.07. The van der Waals surface area contributed by atoms with E-state index in [2.05, 4.69) is 10.6 Å². The number of esters is 2. The Labute approximate surface area is 158 Å². The minimum atomic E-state index is -0.604. The highest BCUT2D eigenvalue weighted by Gasteiger charge is 2.43. The number of hydrogen-bond donors (Lipinski definition) is 2. The lowest BCUT2D eigenvalue weighted by atomic mass is 9.87. The molecular formula is C20H24N2O5. The Morgan fingerprint density at radius 1 is 1.26 bits per heavy atom. The van der Waals surface area contributed by atoms with Crippen molar-refractivity contribution in [3.63, 3.8) is 0 Å². The van der Waals surface area contributed by atoms with E-state index in [-0.39, 0.29) is 23.8 Å². The van der Waals surface area contributed by atoms with Gasteiger partial charge in [-0.1, -0.05) is 37.3 Å². The summed E-state index contributed by atoms with van der Waals surface area (Å²) >= 11 is 0. The van der Waals surface area contributed by atoms with Gasteiger partial charge in [0.2, 0.25) is 5.91 Å². The maximum absolute atomic E-state index is 12.3. The first-order valence-electron chi connectivity index (χ1n) is 9.00. The van der Waals surface area contributed by atoms with E-state index in [1.54, 1.807) is 0 Å². The zero-order chi connectivity index (χ0) is 19.6. The van der Waals surface area contributed by atoms with Crippen LogP contribution in [-0.4, -0.2) is 43.8 Å². The fourth-order valence-corrected chi connectivity index (χ4v) is 3.63. The Hall–Kier alpha value is -2.67. The summed E-state index contributed by atoms with van der Waals surface area (Å²) in [6.45, 7) is 3.98. The first kappa shape index (κ1) is 19.1. The summed E-state index contributed by atoms with van der Waals surface area (Å²) in [7, 11) is 1.37. The molecule has 0 aliphatic carbocycles. The Morgan fingerprint density at radius 2 is 1.96 bits per heavy atom. The molecule has 0 spiro atoms. The van der Waals surface area contributed by atoms with Crippen molar-refractivity contribution in [2.24, 2.45) is 5.92 Å². The van der Waals surface area contributed by atoms with Crippen LogP contribution >= 0.6 is 0 Å². The van der Waals surface area contributed by atoms with Crippen molar-refractivity contribution in [2.75, 3.05) is 13.7 Å².